The Morgan fingerprint density at radius 3 is 2.37 bits per heavy atom. The van der Waals surface area contributed by atoms with Gasteiger partial charge in [-0.3, -0.25) is 0 Å². The fraction of sp³-hybridized carbons (Fsp3) is 0.647. The Balaban J connectivity index is 2.06. The van der Waals surface area contributed by atoms with E-state index in [0.717, 1.165) is 28.1 Å². The average molecular weight is 281 g/mol. The number of aliphatic hydroxyl groups is 1. The first-order chi connectivity index (χ1) is 9.08. The Morgan fingerprint density at radius 1 is 1.11 bits per heavy atom. The number of halogens is 1. The topological polar surface area (TPSA) is 20.2 Å². The summed E-state index contributed by atoms with van der Waals surface area (Å²) in [5, 5.41) is 11.3. The van der Waals surface area contributed by atoms with Gasteiger partial charge in [-0.2, -0.15) is 0 Å². The number of hydrogen-bond acceptors (Lipinski definition) is 1. The van der Waals surface area contributed by atoms with Gasteiger partial charge in [-0.1, -0.05) is 56.2 Å². The number of hydrogen-bond donors (Lipinski definition) is 1. The van der Waals surface area contributed by atoms with Gasteiger partial charge in [0.15, 0.2) is 0 Å². The summed E-state index contributed by atoms with van der Waals surface area (Å²) in [6.07, 6.45) is 8.52. The maximum absolute atomic E-state index is 10.5. The van der Waals surface area contributed by atoms with Crippen molar-refractivity contribution < 1.29 is 5.11 Å². The summed E-state index contributed by atoms with van der Waals surface area (Å²) >= 11 is 6.12. The largest absolute Gasteiger partial charge is 0.388 e. The molecule has 0 spiro atoms. The van der Waals surface area contributed by atoms with E-state index in [-0.39, 0.29) is 6.10 Å². The fourth-order valence-electron chi connectivity index (χ4n) is 3.20. The molecule has 0 amide bonds. The van der Waals surface area contributed by atoms with Crippen LogP contribution in [0.25, 0.3) is 0 Å². The van der Waals surface area contributed by atoms with Crippen molar-refractivity contribution in [3.8, 4) is 0 Å². The van der Waals surface area contributed by atoms with Crippen LogP contribution in [-0.4, -0.2) is 5.11 Å². The zero-order valence-electron chi connectivity index (χ0n) is 12.1. The second kappa shape index (κ2) is 6.76. The second-order valence-corrected chi connectivity index (χ2v) is 6.47. The molecule has 0 heterocycles. The number of benzene rings is 1. The first-order valence-electron chi connectivity index (χ1n) is 7.52. The van der Waals surface area contributed by atoms with Crippen molar-refractivity contribution in [3.63, 3.8) is 0 Å². The van der Waals surface area contributed by atoms with Gasteiger partial charge < -0.3 is 5.11 Å². The van der Waals surface area contributed by atoms with E-state index in [0.29, 0.717) is 5.92 Å². The summed E-state index contributed by atoms with van der Waals surface area (Å²) in [5.41, 5.74) is 3.23. The van der Waals surface area contributed by atoms with Crippen molar-refractivity contribution in [1.29, 1.82) is 0 Å². The maximum Gasteiger partial charge on any atom is 0.0795 e. The lowest BCUT2D eigenvalue weighted by molar-refractivity contribution is 0.138. The normalized spacial score (nSPS) is 19.2. The molecule has 0 aromatic heterocycles. The summed E-state index contributed by atoms with van der Waals surface area (Å²) < 4.78 is 0. The van der Waals surface area contributed by atoms with E-state index in [1.54, 1.807) is 0 Å². The van der Waals surface area contributed by atoms with Gasteiger partial charge in [-0.25, -0.2) is 0 Å². The van der Waals surface area contributed by atoms with Crippen molar-refractivity contribution in [2.45, 2.75) is 64.9 Å². The lowest BCUT2D eigenvalue weighted by Gasteiger charge is -2.21. The van der Waals surface area contributed by atoms with Crippen LogP contribution in [0.5, 0.6) is 0 Å². The van der Waals surface area contributed by atoms with E-state index in [4.69, 9.17) is 11.6 Å². The van der Waals surface area contributed by atoms with Crippen LogP contribution < -0.4 is 0 Å². The predicted molar refractivity (Wildman–Crippen MR) is 81.7 cm³/mol. The highest BCUT2D eigenvalue weighted by Crippen LogP contribution is 2.33. The van der Waals surface area contributed by atoms with Gasteiger partial charge in [-0.15, -0.1) is 0 Å². The predicted octanol–water partition coefficient (Wildman–Crippen LogP) is 5.35. The smallest absolute Gasteiger partial charge is 0.0795 e. The third kappa shape index (κ3) is 3.97. The molecule has 0 aliphatic heterocycles. The molecule has 106 valence electrons. The van der Waals surface area contributed by atoms with Crippen molar-refractivity contribution in [2.24, 2.45) is 5.92 Å². The average Bonchev–Trinajstić information content (AvgIpc) is 2.62. The van der Waals surface area contributed by atoms with Crippen LogP contribution in [0, 0.1) is 19.8 Å². The molecule has 1 aliphatic carbocycles. The minimum atomic E-state index is -0.334. The maximum atomic E-state index is 10.5. The number of aliphatic hydroxyl groups excluding tert-OH is 1. The molecule has 2 heteroatoms. The summed E-state index contributed by atoms with van der Waals surface area (Å²) in [7, 11) is 0. The number of rotatable bonds is 3. The van der Waals surface area contributed by atoms with Crippen molar-refractivity contribution >= 4 is 11.6 Å². The standard InChI is InChI=1S/C17H25ClO/c1-12-10-16(18)13(2)9-15(12)17(19)11-14-7-5-3-4-6-8-14/h9-10,14,17,19H,3-8,11H2,1-2H3. The van der Waals surface area contributed by atoms with Crippen molar-refractivity contribution in [2.75, 3.05) is 0 Å². The minimum absolute atomic E-state index is 0.334. The molecule has 1 nitrogen and oxygen atoms in total. The molecule has 0 bridgehead atoms. The first-order valence-corrected chi connectivity index (χ1v) is 7.90. The van der Waals surface area contributed by atoms with Crippen molar-refractivity contribution in [3.05, 3.63) is 33.8 Å². The Hall–Kier alpha value is -0.530. The quantitative estimate of drug-likeness (QED) is 0.740. The van der Waals surface area contributed by atoms with Crippen LogP contribution in [0.3, 0.4) is 0 Å². The molecule has 0 saturated heterocycles. The molecule has 1 N–H and O–H groups in total. The Morgan fingerprint density at radius 2 is 1.74 bits per heavy atom. The van der Waals surface area contributed by atoms with Crippen LogP contribution in [0.1, 0.15) is 67.7 Å². The van der Waals surface area contributed by atoms with Crippen LogP contribution in [0.4, 0.5) is 0 Å². The monoisotopic (exact) mass is 280 g/mol. The van der Waals surface area contributed by atoms with Gasteiger partial charge >= 0.3 is 0 Å². The summed E-state index contributed by atoms with van der Waals surface area (Å²) in [5.74, 6) is 0.688. The Kier molecular flexibility index (Phi) is 5.29. The molecule has 1 atom stereocenters. The molecule has 1 saturated carbocycles. The van der Waals surface area contributed by atoms with Gasteiger partial charge in [-0.05, 0) is 48.9 Å². The third-order valence-electron chi connectivity index (χ3n) is 4.44. The molecular weight excluding hydrogens is 256 g/mol. The lowest BCUT2D eigenvalue weighted by Crippen LogP contribution is -2.08. The summed E-state index contributed by atoms with van der Waals surface area (Å²) in [6, 6.07) is 4.03. The van der Waals surface area contributed by atoms with Crippen LogP contribution in [0.2, 0.25) is 5.02 Å². The SMILES string of the molecule is Cc1cc(C(O)CC2CCCCCC2)c(C)cc1Cl. The molecule has 2 rings (SSSR count). The molecule has 1 fully saturated rings. The van der Waals surface area contributed by atoms with Crippen molar-refractivity contribution in [1.82, 2.24) is 0 Å². The highest BCUT2D eigenvalue weighted by molar-refractivity contribution is 6.31. The molecule has 1 unspecified atom stereocenters. The Bertz CT molecular complexity index is 420. The summed E-state index contributed by atoms with van der Waals surface area (Å²) in [6.45, 7) is 4.04. The molecule has 0 radical (unpaired) electrons. The minimum Gasteiger partial charge on any atom is -0.388 e. The van der Waals surface area contributed by atoms with Gasteiger partial charge in [0.05, 0.1) is 6.10 Å². The third-order valence-corrected chi connectivity index (χ3v) is 4.84. The van der Waals surface area contributed by atoms with Gasteiger partial charge in [0, 0.05) is 5.02 Å². The van der Waals surface area contributed by atoms with E-state index in [1.807, 2.05) is 19.9 Å². The van der Waals surface area contributed by atoms with E-state index in [1.165, 1.54) is 38.5 Å². The van der Waals surface area contributed by atoms with E-state index in [2.05, 4.69) is 6.07 Å². The first kappa shape index (κ1) is 14.9. The van der Waals surface area contributed by atoms with Crippen LogP contribution in [-0.2, 0) is 0 Å². The molecule has 1 aromatic carbocycles. The fourth-order valence-corrected chi connectivity index (χ4v) is 3.42. The van der Waals surface area contributed by atoms with E-state index in [9.17, 15) is 5.11 Å². The van der Waals surface area contributed by atoms with E-state index < -0.39 is 0 Å². The number of aryl methyl sites for hydroxylation is 2. The van der Waals surface area contributed by atoms with Gasteiger partial charge in [0.2, 0.25) is 0 Å². The lowest BCUT2D eigenvalue weighted by atomic mass is 9.89. The van der Waals surface area contributed by atoms with Gasteiger partial charge in [0.25, 0.3) is 0 Å². The molecule has 1 aliphatic rings. The zero-order valence-corrected chi connectivity index (χ0v) is 12.8. The highest BCUT2D eigenvalue weighted by atomic mass is 35.5. The Labute approximate surface area is 122 Å². The molecule has 1 aromatic rings. The summed E-state index contributed by atoms with van der Waals surface area (Å²) in [4.78, 5) is 0. The highest BCUT2D eigenvalue weighted by Gasteiger charge is 2.19. The zero-order chi connectivity index (χ0) is 13.8. The van der Waals surface area contributed by atoms with E-state index >= 15 is 0 Å². The second-order valence-electron chi connectivity index (χ2n) is 6.07. The molecular formula is C17H25ClO. The van der Waals surface area contributed by atoms with Gasteiger partial charge in [0.1, 0.15) is 0 Å². The molecule has 19 heavy (non-hydrogen) atoms. The van der Waals surface area contributed by atoms with Crippen LogP contribution >= 0.6 is 11.6 Å². The van der Waals surface area contributed by atoms with Crippen LogP contribution in [0.15, 0.2) is 12.1 Å².